The molecular weight excluding hydrogens is 408 g/mol. The molecule has 2 N–H and O–H groups in total. The highest BCUT2D eigenvalue weighted by atomic mass is 35.5. The minimum atomic E-state index is -0.185. The van der Waals surface area contributed by atoms with Crippen molar-refractivity contribution < 1.29 is 4.79 Å². The predicted molar refractivity (Wildman–Crippen MR) is 127 cm³/mol. The summed E-state index contributed by atoms with van der Waals surface area (Å²) in [5, 5.41) is 6.88. The number of amides is 1. The fourth-order valence-electron chi connectivity index (χ4n) is 3.91. The molecule has 2 aromatic carbocycles. The van der Waals surface area contributed by atoms with Crippen molar-refractivity contribution in [3.63, 3.8) is 0 Å². The van der Waals surface area contributed by atoms with Crippen molar-refractivity contribution in [1.82, 2.24) is 9.88 Å². The van der Waals surface area contributed by atoms with E-state index < -0.39 is 0 Å². The Balaban J connectivity index is 1.29. The van der Waals surface area contributed by atoms with Crippen molar-refractivity contribution in [1.29, 1.82) is 0 Å². The molecule has 160 valence electrons. The first-order valence-corrected chi connectivity index (χ1v) is 11.1. The van der Waals surface area contributed by atoms with Crippen LogP contribution < -0.4 is 10.6 Å². The first kappa shape index (κ1) is 21.3. The number of halogens is 1. The van der Waals surface area contributed by atoms with Crippen molar-refractivity contribution in [2.75, 3.05) is 30.3 Å². The number of likely N-dealkylation sites (tertiary alicyclic amines) is 1. The molecule has 1 amide bonds. The number of carbonyl (C=O) groups is 1. The van der Waals surface area contributed by atoms with Crippen LogP contribution in [0, 0.1) is 5.92 Å². The van der Waals surface area contributed by atoms with E-state index in [0.717, 1.165) is 44.7 Å². The number of rotatable bonds is 7. The van der Waals surface area contributed by atoms with Crippen molar-refractivity contribution in [3.8, 4) is 0 Å². The lowest BCUT2D eigenvalue weighted by Gasteiger charge is -2.32. The molecule has 0 spiro atoms. The van der Waals surface area contributed by atoms with E-state index >= 15 is 0 Å². The number of hydrogen-bond acceptors (Lipinski definition) is 4. The zero-order chi connectivity index (χ0) is 21.5. The van der Waals surface area contributed by atoms with Gasteiger partial charge in [-0.1, -0.05) is 54.1 Å². The number of nitrogens with zero attached hydrogens (tertiary/aromatic N) is 2. The summed E-state index contributed by atoms with van der Waals surface area (Å²) >= 11 is 5.87. The molecule has 31 heavy (non-hydrogen) atoms. The Morgan fingerprint density at radius 1 is 1.00 bits per heavy atom. The minimum Gasteiger partial charge on any atom is -0.384 e. The number of para-hydroxylation sites is 1. The molecule has 1 fully saturated rings. The first-order chi connectivity index (χ1) is 15.2. The third-order valence-electron chi connectivity index (χ3n) is 5.68. The highest BCUT2D eigenvalue weighted by Gasteiger charge is 2.20. The molecule has 1 aromatic heterocycles. The Morgan fingerprint density at radius 3 is 2.48 bits per heavy atom. The molecule has 0 unspecified atom stereocenters. The van der Waals surface area contributed by atoms with Crippen molar-refractivity contribution in [3.05, 3.63) is 89.1 Å². The van der Waals surface area contributed by atoms with Crippen LogP contribution in [0.25, 0.3) is 0 Å². The van der Waals surface area contributed by atoms with Gasteiger partial charge in [0.2, 0.25) is 0 Å². The summed E-state index contributed by atoms with van der Waals surface area (Å²) in [6.07, 6.45) is 3.83. The second kappa shape index (κ2) is 10.4. The molecule has 0 radical (unpaired) electrons. The number of hydrogen-bond donors (Lipinski definition) is 2. The van der Waals surface area contributed by atoms with Crippen molar-refractivity contribution in [2.45, 2.75) is 19.4 Å². The standard InChI is InChI=1S/C25H27ClN4O/c26-21-10-11-24(28-17-21)29-25(31)22-8-4-5-9-23(22)27-16-19-12-14-30(15-13-19)18-20-6-2-1-3-7-20/h1-11,17,19,27H,12-16,18H2,(H,28,29,31). The molecule has 1 aliphatic rings. The highest BCUT2D eigenvalue weighted by molar-refractivity contribution is 6.30. The van der Waals surface area contributed by atoms with Crippen LogP contribution >= 0.6 is 11.6 Å². The van der Waals surface area contributed by atoms with E-state index in [9.17, 15) is 4.79 Å². The third kappa shape index (κ3) is 6.06. The van der Waals surface area contributed by atoms with E-state index in [-0.39, 0.29) is 5.91 Å². The molecule has 1 aliphatic heterocycles. The molecule has 1 saturated heterocycles. The molecule has 5 nitrogen and oxygen atoms in total. The van der Waals surface area contributed by atoms with Crippen LogP contribution in [0.15, 0.2) is 72.9 Å². The van der Waals surface area contributed by atoms with Gasteiger partial charge in [-0.2, -0.15) is 0 Å². The fraction of sp³-hybridized carbons (Fsp3) is 0.280. The van der Waals surface area contributed by atoms with Gasteiger partial charge < -0.3 is 10.6 Å². The van der Waals surface area contributed by atoms with Crippen LogP contribution in [0.1, 0.15) is 28.8 Å². The molecule has 0 atom stereocenters. The van der Waals surface area contributed by atoms with Gasteiger partial charge in [-0.15, -0.1) is 0 Å². The van der Waals surface area contributed by atoms with Crippen molar-refractivity contribution in [2.24, 2.45) is 5.92 Å². The molecule has 3 aromatic rings. The molecule has 0 saturated carbocycles. The molecule has 6 heteroatoms. The minimum absolute atomic E-state index is 0.185. The average Bonchev–Trinajstić information content (AvgIpc) is 2.81. The smallest absolute Gasteiger partial charge is 0.258 e. The zero-order valence-corrected chi connectivity index (χ0v) is 18.2. The SMILES string of the molecule is O=C(Nc1ccc(Cl)cn1)c1ccccc1NCC1CCN(Cc2ccccc2)CC1. The van der Waals surface area contributed by atoms with Crippen molar-refractivity contribution >= 4 is 29.0 Å². The maximum absolute atomic E-state index is 12.8. The van der Waals surface area contributed by atoms with E-state index in [0.29, 0.717) is 22.3 Å². The van der Waals surface area contributed by atoms with Gasteiger partial charge in [0.15, 0.2) is 0 Å². The summed E-state index contributed by atoms with van der Waals surface area (Å²) in [5.74, 6) is 0.895. The molecule has 0 bridgehead atoms. The van der Waals surface area contributed by atoms with E-state index in [2.05, 4.69) is 50.8 Å². The van der Waals surface area contributed by atoms with E-state index in [1.54, 1.807) is 12.1 Å². The third-order valence-corrected chi connectivity index (χ3v) is 5.90. The first-order valence-electron chi connectivity index (χ1n) is 10.7. The van der Waals surface area contributed by atoms with Gasteiger partial charge in [0.05, 0.1) is 10.6 Å². The Hall–Kier alpha value is -2.89. The number of piperidine rings is 1. The lowest BCUT2D eigenvalue weighted by molar-refractivity contribution is 0.102. The zero-order valence-electron chi connectivity index (χ0n) is 17.4. The number of nitrogens with one attached hydrogen (secondary N) is 2. The number of aromatic nitrogens is 1. The second-order valence-electron chi connectivity index (χ2n) is 7.95. The van der Waals surface area contributed by atoms with Crippen LogP contribution in [0.5, 0.6) is 0 Å². The molecule has 0 aliphatic carbocycles. The molecule has 2 heterocycles. The predicted octanol–water partition coefficient (Wildman–Crippen LogP) is 5.31. The maximum atomic E-state index is 12.8. The lowest BCUT2D eigenvalue weighted by Crippen LogP contribution is -2.35. The summed E-state index contributed by atoms with van der Waals surface area (Å²) < 4.78 is 0. The van der Waals surface area contributed by atoms with E-state index in [1.165, 1.54) is 11.8 Å². The van der Waals surface area contributed by atoms with Crippen LogP contribution in [-0.2, 0) is 6.54 Å². The summed E-state index contributed by atoms with van der Waals surface area (Å²) in [5.41, 5.74) is 2.83. The Labute approximate surface area is 188 Å². The van der Waals surface area contributed by atoms with E-state index in [4.69, 9.17) is 11.6 Å². The second-order valence-corrected chi connectivity index (χ2v) is 8.38. The monoisotopic (exact) mass is 434 g/mol. The normalized spacial score (nSPS) is 14.9. The lowest BCUT2D eigenvalue weighted by atomic mass is 9.96. The largest absolute Gasteiger partial charge is 0.384 e. The van der Waals surface area contributed by atoms with Gasteiger partial charge in [-0.05, 0) is 61.7 Å². The molecule has 4 rings (SSSR count). The quantitative estimate of drug-likeness (QED) is 0.529. The van der Waals surface area contributed by atoms with Crippen LogP contribution in [0.4, 0.5) is 11.5 Å². The Morgan fingerprint density at radius 2 is 1.74 bits per heavy atom. The Bertz CT molecular complexity index is 986. The topological polar surface area (TPSA) is 57.3 Å². The Kier molecular flexibility index (Phi) is 7.18. The van der Waals surface area contributed by atoms with Gasteiger partial charge in [0, 0.05) is 25.0 Å². The number of carbonyl (C=O) groups excluding carboxylic acids is 1. The maximum Gasteiger partial charge on any atom is 0.258 e. The van der Waals surface area contributed by atoms with Gasteiger partial charge in [-0.3, -0.25) is 9.69 Å². The highest BCUT2D eigenvalue weighted by Crippen LogP contribution is 2.22. The molecular formula is C25H27ClN4O. The number of anilines is 2. The average molecular weight is 435 g/mol. The van der Waals surface area contributed by atoms with Crippen LogP contribution in [0.2, 0.25) is 5.02 Å². The van der Waals surface area contributed by atoms with Gasteiger partial charge in [-0.25, -0.2) is 4.98 Å². The number of benzene rings is 2. The summed E-state index contributed by atoms with van der Waals surface area (Å²) in [6, 6.07) is 21.6. The van der Waals surface area contributed by atoms with Gasteiger partial charge in [0.25, 0.3) is 5.91 Å². The van der Waals surface area contributed by atoms with Crippen LogP contribution in [0.3, 0.4) is 0 Å². The summed E-state index contributed by atoms with van der Waals surface area (Å²) in [4.78, 5) is 19.4. The summed E-state index contributed by atoms with van der Waals surface area (Å²) in [6.45, 7) is 4.09. The number of pyridine rings is 1. The fourth-order valence-corrected chi connectivity index (χ4v) is 4.03. The van der Waals surface area contributed by atoms with Gasteiger partial charge in [0.1, 0.15) is 5.82 Å². The van der Waals surface area contributed by atoms with Gasteiger partial charge >= 0.3 is 0 Å². The van der Waals surface area contributed by atoms with E-state index in [1.807, 2.05) is 24.3 Å². The van der Waals surface area contributed by atoms with Crippen LogP contribution in [-0.4, -0.2) is 35.4 Å². The summed E-state index contributed by atoms with van der Waals surface area (Å²) in [7, 11) is 0.